The third-order valence-corrected chi connectivity index (χ3v) is 0.994. The highest BCUT2D eigenvalue weighted by Crippen LogP contribution is 2.15. The van der Waals surface area contributed by atoms with E-state index in [1.807, 2.05) is 0 Å². The second kappa shape index (κ2) is 4.30. The van der Waals surface area contributed by atoms with E-state index in [4.69, 9.17) is 5.11 Å². The topological polar surface area (TPSA) is 46.5 Å². The van der Waals surface area contributed by atoms with Crippen LogP contribution in [0.1, 0.15) is 13.3 Å². The molecule has 0 radical (unpaired) electrons. The van der Waals surface area contributed by atoms with Gasteiger partial charge >= 0.3 is 12.1 Å². The summed E-state index contributed by atoms with van der Waals surface area (Å²) in [5.74, 6) is -1.18. The summed E-state index contributed by atoms with van der Waals surface area (Å²) in [6.45, 7) is -0.124. The molecule has 6 heteroatoms. The van der Waals surface area contributed by atoms with Crippen molar-refractivity contribution in [1.82, 2.24) is 0 Å². The van der Waals surface area contributed by atoms with Crippen LogP contribution in [0.5, 0.6) is 0 Å². The first-order chi connectivity index (χ1) is 5.31. The third kappa shape index (κ3) is 7.33. The lowest BCUT2D eigenvalue weighted by molar-refractivity contribution is -0.186. The van der Waals surface area contributed by atoms with Crippen molar-refractivity contribution in [2.75, 3.05) is 6.61 Å². The van der Waals surface area contributed by atoms with E-state index in [-0.39, 0.29) is 0 Å². The van der Waals surface area contributed by atoms with Gasteiger partial charge in [0.1, 0.15) is 6.61 Å². The smallest absolute Gasteiger partial charge is 0.411 e. The minimum Gasteiger partial charge on any atom is -0.481 e. The average molecular weight is 186 g/mol. The monoisotopic (exact) mass is 186 g/mol. The lowest BCUT2D eigenvalue weighted by Crippen LogP contribution is -2.23. The SMILES string of the molecule is CC(CC(=O)O)OCC(F)(F)F. The van der Waals surface area contributed by atoms with Crippen LogP contribution in [0.15, 0.2) is 0 Å². The second-order valence-corrected chi connectivity index (χ2v) is 2.33. The van der Waals surface area contributed by atoms with Crippen molar-refractivity contribution in [3.63, 3.8) is 0 Å². The van der Waals surface area contributed by atoms with Gasteiger partial charge in [-0.25, -0.2) is 0 Å². The minimum atomic E-state index is -4.40. The number of rotatable bonds is 4. The molecule has 12 heavy (non-hydrogen) atoms. The van der Waals surface area contributed by atoms with Crippen LogP contribution in [0, 0.1) is 0 Å². The van der Waals surface area contributed by atoms with Gasteiger partial charge in [0.15, 0.2) is 0 Å². The fourth-order valence-corrected chi connectivity index (χ4v) is 0.542. The Labute approximate surface area is 67.1 Å². The van der Waals surface area contributed by atoms with Gasteiger partial charge in [0.25, 0.3) is 0 Å². The molecule has 0 heterocycles. The summed E-state index contributed by atoms with van der Waals surface area (Å²) in [6.07, 6.45) is -5.73. The molecule has 0 aliphatic rings. The van der Waals surface area contributed by atoms with E-state index in [1.165, 1.54) is 6.92 Å². The highest BCUT2D eigenvalue weighted by molar-refractivity contribution is 5.67. The van der Waals surface area contributed by atoms with Crippen LogP contribution in [0.25, 0.3) is 0 Å². The fraction of sp³-hybridized carbons (Fsp3) is 0.833. The third-order valence-electron chi connectivity index (χ3n) is 0.994. The van der Waals surface area contributed by atoms with Crippen LogP contribution in [0.4, 0.5) is 13.2 Å². The van der Waals surface area contributed by atoms with Crippen molar-refractivity contribution >= 4 is 5.97 Å². The van der Waals surface area contributed by atoms with Crippen LogP contribution in [0.3, 0.4) is 0 Å². The molecule has 0 aliphatic heterocycles. The average Bonchev–Trinajstić information content (AvgIpc) is 1.80. The van der Waals surface area contributed by atoms with E-state index >= 15 is 0 Å². The zero-order chi connectivity index (χ0) is 9.78. The summed E-state index contributed by atoms with van der Waals surface area (Å²) in [7, 11) is 0. The Bertz CT molecular complexity index is 155. The van der Waals surface area contributed by atoms with Crippen LogP contribution >= 0.6 is 0 Å². The predicted molar refractivity (Wildman–Crippen MR) is 33.7 cm³/mol. The second-order valence-electron chi connectivity index (χ2n) is 2.33. The maximum absolute atomic E-state index is 11.5. The molecule has 1 N–H and O–H groups in total. The molecule has 0 fully saturated rings. The van der Waals surface area contributed by atoms with Crippen LogP contribution in [0.2, 0.25) is 0 Å². The summed E-state index contributed by atoms with van der Waals surface area (Å²) >= 11 is 0. The zero-order valence-electron chi connectivity index (χ0n) is 6.39. The van der Waals surface area contributed by atoms with Crippen LogP contribution in [-0.2, 0) is 9.53 Å². The van der Waals surface area contributed by atoms with E-state index in [0.29, 0.717) is 0 Å². The van der Waals surface area contributed by atoms with Crippen molar-refractivity contribution in [2.45, 2.75) is 25.6 Å². The molecular formula is C6H9F3O3. The van der Waals surface area contributed by atoms with Crippen molar-refractivity contribution in [3.8, 4) is 0 Å². The molecule has 0 bridgehead atoms. The lowest BCUT2D eigenvalue weighted by atomic mass is 10.3. The molecule has 0 aliphatic carbocycles. The maximum Gasteiger partial charge on any atom is 0.411 e. The number of hydrogen-bond donors (Lipinski definition) is 1. The summed E-state index contributed by atoms with van der Waals surface area (Å²) < 4.78 is 38.7. The highest BCUT2D eigenvalue weighted by Gasteiger charge is 2.28. The van der Waals surface area contributed by atoms with Crippen LogP contribution in [-0.4, -0.2) is 30.0 Å². The summed E-state index contributed by atoms with van der Waals surface area (Å²) in [4.78, 5) is 9.97. The molecule has 0 amide bonds. The minimum absolute atomic E-state index is 0.421. The van der Waals surface area contributed by atoms with Gasteiger partial charge < -0.3 is 9.84 Å². The van der Waals surface area contributed by atoms with E-state index in [2.05, 4.69) is 4.74 Å². The Morgan fingerprint density at radius 3 is 2.42 bits per heavy atom. The van der Waals surface area contributed by atoms with Crippen LogP contribution < -0.4 is 0 Å². The van der Waals surface area contributed by atoms with Crippen molar-refractivity contribution < 1.29 is 27.8 Å². The van der Waals surface area contributed by atoms with Gasteiger partial charge in [-0.1, -0.05) is 0 Å². The molecular weight excluding hydrogens is 177 g/mol. The Kier molecular flexibility index (Phi) is 4.02. The molecule has 0 aromatic carbocycles. The molecule has 3 nitrogen and oxygen atoms in total. The Morgan fingerprint density at radius 2 is 2.08 bits per heavy atom. The highest BCUT2D eigenvalue weighted by atomic mass is 19.4. The molecule has 0 spiro atoms. The quantitative estimate of drug-likeness (QED) is 0.722. The zero-order valence-corrected chi connectivity index (χ0v) is 6.39. The Balaban J connectivity index is 3.57. The summed E-state index contributed by atoms with van der Waals surface area (Å²) in [5.41, 5.74) is 0. The molecule has 0 aromatic rings. The van der Waals surface area contributed by atoms with Crippen molar-refractivity contribution in [1.29, 1.82) is 0 Å². The number of alkyl halides is 3. The van der Waals surface area contributed by atoms with Gasteiger partial charge in [-0.05, 0) is 6.92 Å². The first-order valence-corrected chi connectivity index (χ1v) is 3.21. The maximum atomic E-state index is 11.5. The Hall–Kier alpha value is -0.780. The van der Waals surface area contributed by atoms with Gasteiger partial charge in [0, 0.05) is 0 Å². The number of aliphatic carboxylic acids is 1. The van der Waals surface area contributed by atoms with Crippen molar-refractivity contribution in [3.05, 3.63) is 0 Å². The summed E-state index contributed by atoms with van der Waals surface area (Å²) in [5, 5.41) is 8.15. The van der Waals surface area contributed by atoms with Gasteiger partial charge in [-0.15, -0.1) is 0 Å². The molecule has 0 aromatic heterocycles. The molecule has 72 valence electrons. The van der Waals surface area contributed by atoms with E-state index in [0.717, 1.165) is 0 Å². The largest absolute Gasteiger partial charge is 0.481 e. The fourth-order valence-electron chi connectivity index (χ4n) is 0.542. The van der Waals surface area contributed by atoms with E-state index in [9.17, 15) is 18.0 Å². The number of carbonyl (C=O) groups is 1. The standard InChI is InChI=1S/C6H9F3O3/c1-4(2-5(10)11)12-3-6(7,8)9/h4H,2-3H2,1H3,(H,10,11). The van der Waals surface area contributed by atoms with Gasteiger partial charge in [-0.3, -0.25) is 4.79 Å². The molecule has 1 unspecified atom stereocenters. The molecule has 0 rings (SSSR count). The van der Waals surface area contributed by atoms with Gasteiger partial charge in [0.2, 0.25) is 0 Å². The molecule has 0 saturated carbocycles. The van der Waals surface area contributed by atoms with Crippen molar-refractivity contribution in [2.24, 2.45) is 0 Å². The first-order valence-electron chi connectivity index (χ1n) is 3.21. The number of carboxylic acid groups (broad SMARTS) is 1. The Morgan fingerprint density at radius 1 is 1.58 bits per heavy atom. The molecule has 1 atom stereocenters. The van der Waals surface area contributed by atoms with E-state index in [1.54, 1.807) is 0 Å². The number of ether oxygens (including phenoxy) is 1. The number of carboxylic acids is 1. The first kappa shape index (κ1) is 11.2. The lowest BCUT2D eigenvalue weighted by Gasteiger charge is -2.12. The van der Waals surface area contributed by atoms with Gasteiger partial charge in [0.05, 0.1) is 12.5 Å². The normalized spacial score (nSPS) is 14.3. The van der Waals surface area contributed by atoms with Gasteiger partial charge in [-0.2, -0.15) is 13.2 Å². The van der Waals surface area contributed by atoms with E-state index < -0.39 is 31.3 Å². The summed E-state index contributed by atoms with van der Waals surface area (Å²) in [6, 6.07) is 0. The number of hydrogen-bond acceptors (Lipinski definition) is 2. The molecule has 0 saturated heterocycles. The number of halogens is 3. The predicted octanol–water partition coefficient (Wildman–Crippen LogP) is 1.43.